The number of benzene rings is 1. The Balaban J connectivity index is 1.93. The lowest BCUT2D eigenvalue weighted by Gasteiger charge is -2.39. The fraction of sp³-hybridized carbons (Fsp3) is 0.400. The van der Waals surface area contributed by atoms with E-state index in [-0.39, 0.29) is 47.9 Å². The van der Waals surface area contributed by atoms with Crippen LogP contribution in [0.4, 0.5) is 19.0 Å². The molecule has 1 fully saturated rings. The number of rotatable bonds is 8. The minimum atomic E-state index is -5.11. The number of nitrogens with two attached hydrogens (primary N) is 2. The molecule has 1 unspecified atom stereocenters. The van der Waals surface area contributed by atoms with E-state index >= 15 is 0 Å². The number of hydrogen-bond acceptors (Lipinski definition) is 9. The third-order valence-corrected chi connectivity index (χ3v) is 7.46. The fourth-order valence-electron chi connectivity index (χ4n) is 4.13. The van der Waals surface area contributed by atoms with Gasteiger partial charge in [0.2, 0.25) is 5.91 Å². The number of carbonyl (C=O) groups is 2. The summed E-state index contributed by atoms with van der Waals surface area (Å²) in [6, 6.07) is 13.0. The van der Waals surface area contributed by atoms with Gasteiger partial charge in [-0.1, -0.05) is 49.0 Å². The van der Waals surface area contributed by atoms with Gasteiger partial charge in [0.1, 0.15) is 34.8 Å². The fourth-order valence-corrected chi connectivity index (χ4v) is 5.19. The third kappa shape index (κ3) is 6.36. The van der Waals surface area contributed by atoms with Crippen molar-refractivity contribution in [2.45, 2.75) is 48.2 Å². The van der Waals surface area contributed by atoms with Crippen LogP contribution < -0.4 is 16.4 Å². The number of aromatic nitrogens is 1. The van der Waals surface area contributed by atoms with Gasteiger partial charge in [0.15, 0.2) is 0 Å². The smallest absolute Gasteiger partial charge is 0.457 e. The lowest BCUT2D eigenvalue weighted by atomic mass is 9.89. The molecule has 9 nitrogen and oxygen atoms in total. The van der Waals surface area contributed by atoms with E-state index in [1.165, 1.54) is 0 Å². The van der Waals surface area contributed by atoms with Crippen molar-refractivity contribution in [3.05, 3.63) is 52.6 Å². The van der Waals surface area contributed by atoms with Crippen LogP contribution in [0.15, 0.2) is 35.4 Å². The molecule has 2 aromatic rings. The van der Waals surface area contributed by atoms with E-state index < -0.39 is 35.4 Å². The second kappa shape index (κ2) is 11.7. The highest BCUT2D eigenvalue weighted by molar-refractivity contribution is 8.00. The summed E-state index contributed by atoms with van der Waals surface area (Å²) in [6.45, 7) is 1.59. The lowest BCUT2D eigenvalue weighted by Crippen LogP contribution is -2.54. The van der Waals surface area contributed by atoms with E-state index in [0.717, 1.165) is 11.8 Å². The number of nitrogens with zero attached hydrogens (tertiary/aromatic N) is 4. The zero-order valence-corrected chi connectivity index (χ0v) is 21.2. The van der Waals surface area contributed by atoms with Crippen molar-refractivity contribution in [1.82, 2.24) is 4.98 Å². The van der Waals surface area contributed by atoms with Crippen LogP contribution in [0.1, 0.15) is 47.3 Å². The second-order valence-corrected chi connectivity index (χ2v) is 9.87. The van der Waals surface area contributed by atoms with E-state index in [1.807, 2.05) is 0 Å². The van der Waals surface area contributed by atoms with Crippen LogP contribution in [0.3, 0.4) is 0 Å². The van der Waals surface area contributed by atoms with Crippen molar-refractivity contribution >= 4 is 29.5 Å². The van der Waals surface area contributed by atoms with Gasteiger partial charge in [-0.3, -0.25) is 4.79 Å². The highest BCUT2D eigenvalue weighted by Crippen LogP contribution is 2.40. The minimum absolute atomic E-state index is 0.155. The summed E-state index contributed by atoms with van der Waals surface area (Å²) in [5, 5.41) is 19.3. The molecule has 1 aromatic carbocycles. The number of thioether (sulfide) groups is 1. The summed E-state index contributed by atoms with van der Waals surface area (Å²) < 4.78 is 41.9. The molecule has 0 spiro atoms. The first-order valence-electron chi connectivity index (χ1n) is 11.6. The Labute approximate surface area is 221 Å². The highest BCUT2D eigenvalue weighted by Gasteiger charge is 2.43. The van der Waals surface area contributed by atoms with Gasteiger partial charge in [0, 0.05) is 13.1 Å². The molecule has 0 radical (unpaired) electrons. The van der Waals surface area contributed by atoms with Crippen molar-refractivity contribution in [3.63, 3.8) is 0 Å². The number of nitriles is 2. The van der Waals surface area contributed by atoms with Crippen LogP contribution in [0.25, 0.3) is 0 Å². The van der Waals surface area contributed by atoms with Crippen molar-refractivity contribution in [2.75, 3.05) is 24.6 Å². The third-order valence-electron chi connectivity index (χ3n) is 6.20. The number of anilines is 1. The summed E-state index contributed by atoms with van der Waals surface area (Å²) in [7, 11) is 0. The Morgan fingerprint density at radius 3 is 2.29 bits per heavy atom. The Bertz CT molecular complexity index is 1280. The first-order chi connectivity index (χ1) is 17.9. The molecule has 0 aliphatic carbocycles. The summed E-state index contributed by atoms with van der Waals surface area (Å²) in [5.74, 6) is -2.66. The summed E-state index contributed by atoms with van der Waals surface area (Å²) in [6.07, 6.45) is -4.47. The molecule has 1 aliphatic rings. The minimum Gasteiger partial charge on any atom is -0.457 e. The molecule has 1 aliphatic heterocycles. The molecule has 2 heterocycles. The summed E-state index contributed by atoms with van der Waals surface area (Å²) in [4.78, 5) is 29.8. The predicted molar refractivity (Wildman–Crippen MR) is 133 cm³/mol. The molecule has 1 amide bonds. The van der Waals surface area contributed by atoms with Crippen LogP contribution in [-0.4, -0.2) is 48.3 Å². The number of alkyl halides is 3. The van der Waals surface area contributed by atoms with Gasteiger partial charge in [-0.2, -0.15) is 23.7 Å². The van der Waals surface area contributed by atoms with Crippen molar-refractivity contribution in [1.29, 1.82) is 10.5 Å². The first kappa shape index (κ1) is 28.8. The molecule has 0 saturated carbocycles. The van der Waals surface area contributed by atoms with Gasteiger partial charge in [0.25, 0.3) is 0 Å². The quantitative estimate of drug-likeness (QED) is 0.375. The van der Waals surface area contributed by atoms with E-state index in [0.29, 0.717) is 17.5 Å². The van der Waals surface area contributed by atoms with Crippen molar-refractivity contribution in [2.24, 2.45) is 11.5 Å². The molecule has 3 rings (SSSR count). The first-order valence-corrected chi connectivity index (χ1v) is 12.5. The Hall–Kier alpha value is -3.81. The van der Waals surface area contributed by atoms with Crippen molar-refractivity contribution in [3.8, 4) is 12.1 Å². The van der Waals surface area contributed by atoms with Crippen LogP contribution in [0.2, 0.25) is 0 Å². The topological polar surface area (TPSA) is 159 Å². The molecular weight excluding hydrogens is 521 g/mol. The van der Waals surface area contributed by atoms with Crippen LogP contribution in [0, 0.1) is 22.7 Å². The number of amides is 1. The van der Waals surface area contributed by atoms with Gasteiger partial charge in [-0.15, -0.1) is 0 Å². The molecule has 1 atom stereocenters. The molecule has 1 aromatic heterocycles. The number of ether oxygens (including phenoxy) is 1. The Morgan fingerprint density at radius 2 is 1.79 bits per heavy atom. The molecule has 1 saturated heterocycles. The van der Waals surface area contributed by atoms with E-state index in [1.54, 1.807) is 42.2 Å². The number of pyridine rings is 1. The second-order valence-electron chi connectivity index (χ2n) is 8.78. The molecular formula is C25H25F3N6O3S. The zero-order valence-electron chi connectivity index (χ0n) is 20.4. The number of halogens is 3. The summed E-state index contributed by atoms with van der Waals surface area (Å²) >= 11 is 1.01. The largest absolute Gasteiger partial charge is 0.490 e. The van der Waals surface area contributed by atoms with E-state index in [9.17, 15) is 33.3 Å². The number of hydrogen-bond donors (Lipinski definition) is 2. The molecule has 0 bridgehead atoms. The van der Waals surface area contributed by atoms with Crippen LogP contribution >= 0.6 is 11.8 Å². The number of carbonyl (C=O) groups excluding carboxylic acids is 2. The van der Waals surface area contributed by atoms with Gasteiger partial charge in [-0.25, -0.2) is 9.78 Å². The monoisotopic (exact) mass is 546 g/mol. The molecule has 4 N–H and O–H groups in total. The molecule has 13 heteroatoms. The SMILES string of the molecule is CCc1c(C#N)c(SC(C(N)=O)c2ccccc2)nc(N2CCC(N)(COC(=O)C(F)(F)F)CC2)c1C#N. The van der Waals surface area contributed by atoms with E-state index in [4.69, 9.17) is 11.5 Å². The van der Waals surface area contributed by atoms with Gasteiger partial charge in [0.05, 0.1) is 16.7 Å². The van der Waals surface area contributed by atoms with Crippen LogP contribution in [0.5, 0.6) is 0 Å². The average molecular weight is 547 g/mol. The number of primary amides is 1. The standard InChI is InChI=1S/C25H25F3N6O3S/c1-2-16-17(12-29)21(34-10-8-24(32,9-11-34)14-37-23(36)25(26,27)28)33-22(18(16)13-30)38-19(20(31)35)15-6-4-3-5-7-15/h3-7,19H,2,8-11,14,32H2,1H3,(H2,31,35). The highest BCUT2D eigenvalue weighted by atomic mass is 32.2. The van der Waals surface area contributed by atoms with Gasteiger partial charge < -0.3 is 21.1 Å². The number of piperidine rings is 1. The molecule has 200 valence electrons. The maximum atomic E-state index is 12.5. The number of esters is 1. The van der Waals surface area contributed by atoms with Gasteiger partial charge in [-0.05, 0) is 30.4 Å². The lowest BCUT2D eigenvalue weighted by molar-refractivity contribution is -0.201. The maximum absolute atomic E-state index is 12.5. The zero-order chi connectivity index (χ0) is 28.1. The van der Waals surface area contributed by atoms with Gasteiger partial charge >= 0.3 is 12.1 Å². The van der Waals surface area contributed by atoms with Crippen LogP contribution in [-0.2, 0) is 20.7 Å². The summed E-state index contributed by atoms with van der Waals surface area (Å²) in [5.41, 5.74) is 12.1. The Kier molecular flexibility index (Phi) is 8.86. The normalized spacial score (nSPS) is 15.7. The molecule has 38 heavy (non-hydrogen) atoms. The van der Waals surface area contributed by atoms with Crippen molar-refractivity contribution < 1.29 is 27.5 Å². The maximum Gasteiger partial charge on any atom is 0.490 e. The average Bonchev–Trinajstić information content (AvgIpc) is 2.89. The van der Waals surface area contributed by atoms with E-state index in [2.05, 4.69) is 21.9 Å². The Morgan fingerprint density at radius 1 is 1.18 bits per heavy atom. The predicted octanol–water partition coefficient (Wildman–Crippen LogP) is 3.11.